The van der Waals surface area contributed by atoms with Gasteiger partial charge >= 0.3 is 6.01 Å². The molecule has 1 aromatic heterocycles. The normalized spacial score (nSPS) is 19.6. The minimum Gasteiger partial charge on any atom is -0.403 e. The van der Waals surface area contributed by atoms with Crippen molar-refractivity contribution in [2.75, 3.05) is 24.1 Å². The van der Waals surface area contributed by atoms with Gasteiger partial charge in [-0.1, -0.05) is 18.9 Å². The third-order valence-corrected chi connectivity index (χ3v) is 7.24. The quantitative estimate of drug-likeness (QED) is 0.565. The van der Waals surface area contributed by atoms with Crippen molar-refractivity contribution in [1.82, 2.24) is 14.5 Å². The number of nitrogen functional groups attached to an aromatic ring is 1. The number of sulfonamides is 1. The van der Waals surface area contributed by atoms with Crippen LogP contribution in [0, 0.1) is 11.8 Å². The van der Waals surface area contributed by atoms with Crippen molar-refractivity contribution < 1.29 is 17.6 Å². The van der Waals surface area contributed by atoms with E-state index in [1.807, 2.05) is 0 Å². The van der Waals surface area contributed by atoms with Gasteiger partial charge in [0.2, 0.25) is 15.9 Å². The predicted octanol–water partition coefficient (Wildman–Crippen LogP) is 3.24. The maximum atomic E-state index is 13.0. The molecule has 0 saturated carbocycles. The number of nitrogens with two attached hydrogens (primary N) is 1. The van der Waals surface area contributed by atoms with E-state index in [0.29, 0.717) is 36.2 Å². The van der Waals surface area contributed by atoms with Gasteiger partial charge in [-0.3, -0.25) is 10.1 Å². The van der Waals surface area contributed by atoms with Crippen LogP contribution in [0.5, 0.6) is 0 Å². The standard InChI is InChI=1S/C22H25N5O4S/c1-14-11-15(2)13-27(12-14)32(29,30)19-9-5-16(6-10-19)20(28)24-22-26-25-21(31-22)17-3-7-18(23)8-4-17/h3-10,14-15H,11-13,23H2,1-2H3,(H,24,26,28)/t14-,15+. The van der Waals surface area contributed by atoms with Gasteiger partial charge in [0.05, 0.1) is 4.90 Å². The molecule has 0 radical (unpaired) electrons. The van der Waals surface area contributed by atoms with Gasteiger partial charge < -0.3 is 10.2 Å². The molecule has 0 unspecified atom stereocenters. The smallest absolute Gasteiger partial charge is 0.322 e. The number of amides is 1. The first-order valence-corrected chi connectivity index (χ1v) is 11.8. The first kappa shape index (κ1) is 22.0. The fourth-order valence-electron chi connectivity index (χ4n) is 3.91. The molecule has 3 aromatic rings. The largest absolute Gasteiger partial charge is 0.403 e. The second-order valence-corrected chi connectivity index (χ2v) is 10.2. The summed E-state index contributed by atoms with van der Waals surface area (Å²) in [4.78, 5) is 12.7. The highest BCUT2D eigenvalue weighted by Crippen LogP contribution is 2.27. The Bertz CT molecular complexity index is 1200. The lowest BCUT2D eigenvalue weighted by atomic mass is 9.94. The maximum absolute atomic E-state index is 13.0. The average molecular weight is 456 g/mol. The van der Waals surface area contributed by atoms with Gasteiger partial charge in [-0.15, -0.1) is 5.10 Å². The molecule has 2 heterocycles. The first-order chi connectivity index (χ1) is 15.2. The number of nitrogens with one attached hydrogen (secondary N) is 1. The van der Waals surface area contributed by atoms with Crippen molar-refractivity contribution in [2.24, 2.45) is 11.8 Å². The Labute approximate surface area is 186 Å². The van der Waals surface area contributed by atoms with E-state index in [2.05, 4.69) is 29.4 Å². The third-order valence-electron chi connectivity index (χ3n) is 5.39. The lowest BCUT2D eigenvalue weighted by Gasteiger charge is -2.34. The van der Waals surface area contributed by atoms with E-state index in [4.69, 9.17) is 10.2 Å². The summed E-state index contributed by atoms with van der Waals surface area (Å²) in [5, 5.41) is 10.3. The van der Waals surface area contributed by atoms with E-state index < -0.39 is 15.9 Å². The van der Waals surface area contributed by atoms with Gasteiger partial charge in [0, 0.05) is 29.9 Å². The molecule has 2 aromatic carbocycles. The van der Waals surface area contributed by atoms with Gasteiger partial charge in [-0.05, 0) is 66.8 Å². The Morgan fingerprint density at radius 3 is 2.28 bits per heavy atom. The van der Waals surface area contributed by atoms with Gasteiger partial charge in [0.15, 0.2) is 0 Å². The summed E-state index contributed by atoms with van der Waals surface area (Å²) in [6, 6.07) is 12.7. The van der Waals surface area contributed by atoms with Crippen molar-refractivity contribution in [3.8, 4) is 11.5 Å². The summed E-state index contributed by atoms with van der Waals surface area (Å²) in [6.45, 7) is 5.12. The molecule has 1 aliphatic rings. The van der Waals surface area contributed by atoms with Crippen molar-refractivity contribution in [3.63, 3.8) is 0 Å². The molecule has 3 N–H and O–H groups in total. The molecule has 1 saturated heterocycles. The topological polar surface area (TPSA) is 131 Å². The van der Waals surface area contributed by atoms with Crippen LogP contribution in [-0.4, -0.2) is 41.9 Å². The molecule has 1 aliphatic heterocycles. The number of benzene rings is 2. The number of anilines is 2. The molecule has 2 atom stereocenters. The molecule has 4 rings (SSSR count). The van der Waals surface area contributed by atoms with E-state index in [9.17, 15) is 13.2 Å². The highest BCUT2D eigenvalue weighted by atomic mass is 32.2. The number of rotatable bonds is 5. The minimum absolute atomic E-state index is 0.0604. The molecule has 168 valence electrons. The number of hydrogen-bond acceptors (Lipinski definition) is 7. The summed E-state index contributed by atoms with van der Waals surface area (Å²) in [5.74, 6) is 0.380. The average Bonchev–Trinajstić information content (AvgIpc) is 3.22. The zero-order chi connectivity index (χ0) is 22.9. The molecule has 10 heteroatoms. The second kappa shape index (κ2) is 8.71. The Hall–Kier alpha value is -3.24. The summed E-state index contributed by atoms with van der Waals surface area (Å²) in [5.41, 5.74) is 7.22. The molecular weight excluding hydrogens is 430 g/mol. The van der Waals surface area contributed by atoms with Gasteiger partial charge in [-0.2, -0.15) is 4.31 Å². The van der Waals surface area contributed by atoms with Crippen LogP contribution in [0.3, 0.4) is 0 Å². The van der Waals surface area contributed by atoms with E-state index in [1.165, 1.54) is 28.6 Å². The molecule has 0 bridgehead atoms. The second-order valence-electron chi connectivity index (χ2n) is 8.28. The van der Waals surface area contributed by atoms with Crippen molar-refractivity contribution in [3.05, 3.63) is 54.1 Å². The van der Waals surface area contributed by atoms with Crippen molar-refractivity contribution >= 4 is 27.6 Å². The Kier molecular flexibility index (Phi) is 5.98. The van der Waals surface area contributed by atoms with Gasteiger partial charge in [-0.25, -0.2) is 8.42 Å². The van der Waals surface area contributed by atoms with E-state index in [0.717, 1.165) is 6.42 Å². The number of carbonyl (C=O) groups is 1. The summed E-state index contributed by atoms with van der Waals surface area (Å²) >= 11 is 0. The lowest BCUT2D eigenvalue weighted by molar-refractivity contribution is 0.102. The van der Waals surface area contributed by atoms with E-state index in [1.54, 1.807) is 24.3 Å². The molecule has 9 nitrogen and oxygen atoms in total. The Morgan fingerprint density at radius 2 is 1.66 bits per heavy atom. The van der Waals surface area contributed by atoms with Crippen LogP contribution in [0.4, 0.5) is 11.7 Å². The summed E-state index contributed by atoms with van der Waals surface area (Å²) in [6.07, 6.45) is 1.01. The van der Waals surface area contributed by atoms with Crippen LogP contribution in [0.25, 0.3) is 11.5 Å². The Balaban J connectivity index is 1.45. The molecular formula is C22H25N5O4S. The van der Waals surface area contributed by atoms with Gasteiger partial charge in [0.1, 0.15) is 0 Å². The SMILES string of the molecule is C[C@@H]1C[C@H](C)CN(S(=O)(=O)c2ccc(C(=O)Nc3nnc(-c4ccc(N)cc4)o3)cc2)C1. The minimum atomic E-state index is -3.61. The maximum Gasteiger partial charge on any atom is 0.322 e. The number of piperidine rings is 1. The zero-order valence-electron chi connectivity index (χ0n) is 17.9. The van der Waals surface area contributed by atoms with Crippen LogP contribution < -0.4 is 11.1 Å². The number of carbonyl (C=O) groups excluding carboxylic acids is 1. The molecule has 32 heavy (non-hydrogen) atoms. The first-order valence-electron chi connectivity index (χ1n) is 10.3. The van der Waals surface area contributed by atoms with Crippen LogP contribution in [0.1, 0.15) is 30.6 Å². The van der Waals surface area contributed by atoms with Crippen LogP contribution in [0.2, 0.25) is 0 Å². The van der Waals surface area contributed by atoms with Crippen LogP contribution >= 0.6 is 0 Å². The van der Waals surface area contributed by atoms with Crippen LogP contribution in [0.15, 0.2) is 57.8 Å². The lowest BCUT2D eigenvalue weighted by Crippen LogP contribution is -2.42. The third kappa shape index (κ3) is 4.66. The predicted molar refractivity (Wildman–Crippen MR) is 120 cm³/mol. The van der Waals surface area contributed by atoms with Crippen molar-refractivity contribution in [1.29, 1.82) is 0 Å². The monoisotopic (exact) mass is 455 g/mol. The number of aromatic nitrogens is 2. The van der Waals surface area contributed by atoms with Crippen LogP contribution in [-0.2, 0) is 10.0 Å². The molecule has 1 amide bonds. The van der Waals surface area contributed by atoms with Crippen molar-refractivity contribution in [2.45, 2.75) is 25.2 Å². The zero-order valence-corrected chi connectivity index (χ0v) is 18.7. The fourth-order valence-corrected chi connectivity index (χ4v) is 5.59. The van der Waals surface area contributed by atoms with E-state index >= 15 is 0 Å². The highest BCUT2D eigenvalue weighted by Gasteiger charge is 2.31. The summed E-state index contributed by atoms with van der Waals surface area (Å²) in [7, 11) is -3.61. The van der Waals surface area contributed by atoms with Gasteiger partial charge in [0.25, 0.3) is 5.91 Å². The molecule has 0 aliphatic carbocycles. The summed E-state index contributed by atoms with van der Waals surface area (Å²) < 4.78 is 33.0. The molecule has 1 fully saturated rings. The molecule has 0 spiro atoms. The van der Waals surface area contributed by atoms with E-state index in [-0.39, 0.29) is 22.4 Å². The Morgan fingerprint density at radius 1 is 1.03 bits per heavy atom. The number of nitrogens with zero attached hydrogens (tertiary/aromatic N) is 3. The fraction of sp³-hybridized carbons (Fsp3) is 0.318. The number of hydrogen-bond donors (Lipinski definition) is 2. The highest BCUT2D eigenvalue weighted by molar-refractivity contribution is 7.89.